The van der Waals surface area contributed by atoms with Gasteiger partial charge in [-0.1, -0.05) is 19.3 Å². The predicted octanol–water partition coefficient (Wildman–Crippen LogP) is 4.77. The molecule has 1 aliphatic carbocycles. The third-order valence-electron chi connectivity index (χ3n) is 8.55. The normalized spacial score (nSPS) is 25.5. The maximum atomic E-state index is 13.3. The molecule has 9 heteroatoms. The summed E-state index contributed by atoms with van der Waals surface area (Å²) in [6.07, 6.45) is 10.5. The van der Waals surface area contributed by atoms with Crippen molar-refractivity contribution in [3.63, 3.8) is 0 Å². The van der Waals surface area contributed by atoms with Gasteiger partial charge < -0.3 is 15.3 Å². The summed E-state index contributed by atoms with van der Waals surface area (Å²) >= 11 is 4.94. The lowest BCUT2D eigenvalue weighted by Gasteiger charge is -2.36. The highest BCUT2D eigenvalue weighted by atomic mass is 32.1. The van der Waals surface area contributed by atoms with Crippen molar-refractivity contribution >= 4 is 34.6 Å². The number of carbonyl (C=O) groups is 2. The molecular weight excluding hydrogens is 490 g/mol. The molecule has 3 aliphatic rings. The summed E-state index contributed by atoms with van der Waals surface area (Å²) in [5.74, 6) is 0.260. The zero-order chi connectivity index (χ0) is 26.5. The highest BCUT2D eigenvalue weighted by Crippen LogP contribution is 2.33. The lowest BCUT2D eigenvalue weighted by atomic mass is 9.80. The van der Waals surface area contributed by atoms with Gasteiger partial charge in [0.05, 0.1) is 17.0 Å². The number of thiocarbonyl (C=S) groups is 1. The number of benzene rings is 1. The van der Waals surface area contributed by atoms with Crippen LogP contribution in [0.4, 0.5) is 5.69 Å². The van der Waals surface area contributed by atoms with Gasteiger partial charge in [0, 0.05) is 30.5 Å². The Morgan fingerprint density at radius 1 is 1.16 bits per heavy atom. The Bertz CT molecular complexity index is 1040. The number of nitro benzene ring substituents is 1. The number of ketones is 1. The first-order chi connectivity index (χ1) is 17.8. The lowest BCUT2D eigenvalue weighted by molar-refractivity contribution is -0.385. The second kappa shape index (κ2) is 12.4. The van der Waals surface area contributed by atoms with Gasteiger partial charge in [0.1, 0.15) is 0 Å². The Morgan fingerprint density at radius 2 is 1.97 bits per heavy atom. The molecule has 2 aliphatic heterocycles. The topological polar surface area (TPSA) is 113 Å². The first kappa shape index (κ1) is 27.6. The fourth-order valence-corrected chi connectivity index (χ4v) is 6.76. The summed E-state index contributed by atoms with van der Waals surface area (Å²) < 4.78 is 0. The van der Waals surface area contributed by atoms with E-state index in [2.05, 4.69) is 5.32 Å². The fraction of sp³-hybridized carbons (Fsp3) is 0.679. The van der Waals surface area contributed by atoms with E-state index in [1.807, 2.05) is 6.07 Å². The van der Waals surface area contributed by atoms with Crippen LogP contribution < -0.4 is 5.32 Å². The Balaban J connectivity index is 1.23. The summed E-state index contributed by atoms with van der Waals surface area (Å²) in [6.45, 7) is 3.07. The van der Waals surface area contributed by atoms with Gasteiger partial charge in [0.2, 0.25) is 5.91 Å². The van der Waals surface area contributed by atoms with Gasteiger partial charge in [-0.05, 0) is 100 Å². The van der Waals surface area contributed by atoms with Crippen LogP contribution in [0.25, 0.3) is 0 Å². The SMILES string of the molecule is Cc1cc2c(cc1[N+](=O)[O-])CC(CCCCCC(=O)N1CCCCC1C(=O)C1CCN[C@@H]1C(O)=S)CC2. The number of amides is 1. The zero-order valence-electron chi connectivity index (χ0n) is 21.7. The van der Waals surface area contributed by atoms with Crippen LogP contribution in [-0.2, 0) is 22.4 Å². The molecule has 1 aromatic carbocycles. The molecule has 1 amide bonds. The van der Waals surface area contributed by atoms with Crippen LogP contribution in [-0.4, -0.2) is 56.8 Å². The molecule has 0 bridgehead atoms. The van der Waals surface area contributed by atoms with Crippen molar-refractivity contribution in [3.05, 3.63) is 38.9 Å². The molecule has 2 N–H and O–H groups in total. The summed E-state index contributed by atoms with van der Waals surface area (Å²) in [7, 11) is 0. The van der Waals surface area contributed by atoms with Crippen LogP contribution in [0.3, 0.4) is 0 Å². The van der Waals surface area contributed by atoms with Gasteiger partial charge in [-0.25, -0.2) is 0 Å². The third-order valence-corrected chi connectivity index (χ3v) is 8.81. The number of piperidine rings is 1. The van der Waals surface area contributed by atoms with E-state index in [0.717, 1.165) is 68.9 Å². The number of aliphatic hydroxyl groups excluding tert-OH is 1. The number of unbranched alkanes of at least 4 members (excludes halogenated alkanes) is 2. The molecule has 37 heavy (non-hydrogen) atoms. The smallest absolute Gasteiger partial charge is 0.272 e. The number of hydrogen-bond donors (Lipinski definition) is 2. The number of hydrogen-bond acceptors (Lipinski definition) is 6. The second-order valence-corrected chi connectivity index (χ2v) is 11.5. The second-order valence-electron chi connectivity index (χ2n) is 11.0. The van der Waals surface area contributed by atoms with Crippen LogP contribution in [0.1, 0.15) is 80.9 Å². The van der Waals surface area contributed by atoms with E-state index in [9.17, 15) is 24.8 Å². The summed E-state index contributed by atoms with van der Waals surface area (Å²) in [6, 6.07) is 2.86. The van der Waals surface area contributed by atoms with Gasteiger partial charge in [0.15, 0.2) is 10.8 Å². The number of likely N-dealkylation sites (tertiary alicyclic amines) is 1. The minimum atomic E-state index is -0.483. The molecule has 4 rings (SSSR count). The number of fused-ring (bicyclic) bond motifs is 1. The quantitative estimate of drug-likeness (QED) is 0.194. The molecule has 3 unspecified atom stereocenters. The van der Waals surface area contributed by atoms with Crippen LogP contribution >= 0.6 is 12.2 Å². The van der Waals surface area contributed by atoms with Gasteiger partial charge in [0.25, 0.3) is 5.69 Å². The van der Waals surface area contributed by atoms with E-state index >= 15 is 0 Å². The van der Waals surface area contributed by atoms with Gasteiger partial charge in [-0.2, -0.15) is 0 Å². The Morgan fingerprint density at radius 3 is 2.73 bits per heavy atom. The van der Waals surface area contributed by atoms with Crippen molar-refractivity contribution in [2.75, 3.05) is 13.1 Å². The van der Waals surface area contributed by atoms with Crippen molar-refractivity contribution in [3.8, 4) is 0 Å². The Labute approximate surface area is 224 Å². The van der Waals surface area contributed by atoms with Gasteiger partial charge in [-0.3, -0.25) is 19.7 Å². The summed E-state index contributed by atoms with van der Waals surface area (Å²) in [5.41, 5.74) is 3.31. The van der Waals surface area contributed by atoms with E-state index in [-0.39, 0.29) is 33.3 Å². The molecule has 8 nitrogen and oxygen atoms in total. The average Bonchev–Trinajstić information content (AvgIpc) is 3.38. The molecule has 0 radical (unpaired) electrons. The van der Waals surface area contributed by atoms with E-state index < -0.39 is 12.1 Å². The fourth-order valence-electron chi connectivity index (χ4n) is 6.51. The number of nitrogens with zero attached hydrogens (tertiary/aromatic N) is 2. The van der Waals surface area contributed by atoms with E-state index in [4.69, 9.17) is 12.2 Å². The molecule has 0 saturated carbocycles. The van der Waals surface area contributed by atoms with Crippen molar-refractivity contribution in [2.45, 2.75) is 96.1 Å². The van der Waals surface area contributed by atoms with Crippen molar-refractivity contribution in [2.24, 2.45) is 11.8 Å². The minimum absolute atomic E-state index is 0.0347. The molecule has 2 saturated heterocycles. The van der Waals surface area contributed by atoms with E-state index in [0.29, 0.717) is 38.3 Å². The summed E-state index contributed by atoms with van der Waals surface area (Å²) in [4.78, 5) is 39.2. The number of carbonyl (C=O) groups excluding carboxylic acids is 2. The average molecular weight is 530 g/mol. The highest BCUT2D eigenvalue weighted by Gasteiger charge is 2.42. The number of aryl methyl sites for hydroxylation is 2. The molecule has 2 fully saturated rings. The number of nitrogens with one attached hydrogen (secondary N) is 1. The van der Waals surface area contributed by atoms with Gasteiger partial charge in [-0.15, -0.1) is 0 Å². The molecule has 0 aromatic heterocycles. The molecule has 4 atom stereocenters. The largest absolute Gasteiger partial charge is 0.501 e. The van der Waals surface area contributed by atoms with E-state index in [1.54, 1.807) is 17.9 Å². The standard InChI is InChI=1S/C28H39N3O5S/c1-18-15-20-11-10-19(16-21(20)17-24(18)31(35)36)7-3-2-4-9-25(32)30-14-6-5-8-23(30)27(33)22-12-13-29-26(22)28(34)37/h15,17,19,22-23,26,29H,2-14,16H2,1H3,(H,34,37)/t19?,22?,23?,26-/m0/s1. The van der Waals surface area contributed by atoms with Crippen molar-refractivity contribution < 1.29 is 19.6 Å². The molecule has 1 aromatic rings. The number of aliphatic hydroxyl groups is 1. The number of nitro groups is 1. The first-order valence-corrected chi connectivity index (χ1v) is 14.2. The Kier molecular flexibility index (Phi) is 9.29. The highest BCUT2D eigenvalue weighted by molar-refractivity contribution is 7.80. The first-order valence-electron chi connectivity index (χ1n) is 13.8. The van der Waals surface area contributed by atoms with Crippen LogP contribution in [0.15, 0.2) is 12.1 Å². The Hall–Kier alpha value is -2.39. The molecule has 0 spiro atoms. The van der Waals surface area contributed by atoms with Crippen LogP contribution in [0, 0.1) is 28.9 Å². The summed E-state index contributed by atoms with van der Waals surface area (Å²) in [5, 5.41) is 24.1. The number of rotatable bonds is 10. The molecule has 2 heterocycles. The van der Waals surface area contributed by atoms with Crippen molar-refractivity contribution in [1.29, 1.82) is 0 Å². The number of Topliss-reactive ketones (excluding diaryl/α,β-unsaturated/α-hetero) is 1. The minimum Gasteiger partial charge on any atom is -0.501 e. The van der Waals surface area contributed by atoms with E-state index in [1.165, 1.54) is 5.56 Å². The maximum Gasteiger partial charge on any atom is 0.272 e. The van der Waals surface area contributed by atoms with Crippen LogP contribution in [0.5, 0.6) is 0 Å². The molecular formula is C28H39N3O5S. The third kappa shape index (κ3) is 6.55. The van der Waals surface area contributed by atoms with Gasteiger partial charge >= 0.3 is 0 Å². The lowest BCUT2D eigenvalue weighted by Crippen LogP contribution is -2.52. The maximum absolute atomic E-state index is 13.3. The van der Waals surface area contributed by atoms with Crippen molar-refractivity contribution in [1.82, 2.24) is 10.2 Å². The zero-order valence-corrected chi connectivity index (χ0v) is 22.6. The van der Waals surface area contributed by atoms with Crippen LogP contribution in [0.2, 0.25) is 0 Å². The molecule has 202 valence electrons. The predicted molar refractivity (Wildman–Crippen MR) is 146 cm³/mol. The monoisotopic (exact) mass is 529 g/mol.